The lowest BCUT2D eigenvalue weighted by atomic mass is 10.1. The van der Waals surface area contributed by atoms with Crippen LogP contribution in [-0.4, -0.2) is 19.4 Å². The van der Waals surface area contributed by atoms with Crippen molar-refractivity contribution < 1.29 is 0 Å². The zero-order valence-corrected chi connectivity index (χ0v) is 18.7. The number of rotatable bonds is 2. The van der Waals surface area contributed by atoms with Gasteiger partial charge in [0.15, 0.2) is 0 Å². The zero-order valence-electron chi connectivity index (χ0n) is 18.7. The van der Waals surface area contributed by atoms with E-state index in [2.05, 4.69) is 95.4 Å². The van der Waals surface area contributed by atoms with Crippen molar-refractivity contribution in [2.75, 3.05) is 0 Å². The number of imidazole rings is 1. The van der Waals surface area contributed by atoms with Gasteiger partial charge < -0.3 is 0 Å². The van der Waals surface area contributed by atoms with Crippen LogP contribution >= 0.6 is 0 Å². The van der Waals surface area contributed by atoms with E-state index in [0.717, 1.165) is 55.6 Å². The first-order chi connectivity index (χ1) is 17.3. The summed E-state index contributed by atoms with van der Waals surface area (Å²) in [4.78, 5) is 15.2. The third kappa shape index (κ3) is 2.59. The monoisotopic (exact) mass is 446 g/mol. The average molecular weight is 447 g/mol. The Labute approximate surface area is 200 Å². The average Bonchev–Trinajstić information content (AvgIpc) is 3.48. The van der Waals surface area contributed by atoms with Crippen molar-refractivity contribution in [1.82, 2.24) is 19.4 Å². The Hall–Kier alpha value is -4.83. The fraction of sp³-hybridized carbons (Fsp3) is 0. The number of benzene rings is 3. The highest BCUT2D eigenvalue weighted by Crippen LogP contribution is 2.37. The minimum absolute atomic E-state index is 0.860. The van der Waals surface area contributed by atoms with E-state index in [-0.39, 0.29) is 0 Å². The molecule has 0 aliphatic carbocycles. The summed E-state index contributed by atoms with van der Waals surface area (Å²) in [6.45, 7) is 0. The minimum Gasteiger partial charge on any atom is -0.291 e. The summed E-state index contributed by atoms with van der Waals surface area (Å²) < 4.78 is 2.25. The molecule has 4 nitrogen and oxygen atoms in total. The lowest BCUT2D eigenvalue weighted by Crippen LogP contribution is -1.91. The molecular formula is C31H18N4. The van der Waals surface area contributed by atoms with Crippen LogP contribution in [0.15, 0.2) is 109 Å². The van der Waals surface area contributed by atoms with Gasteiger partial charge in [0.2, 0.25) is 0 Å². The molecule has 5 heterocycles. The lowest BCUT2D eigenvalue weighted by molar-refractivity contribution is 1.30. The van der Waals surface area contributed by atoms with Gasteiger partial charge in [0.25, 0.3) is 0 Å². The Bertz CT molecular complexity index is 2050. The van der Waals surface area contributed by atoms with Crippen molar-refractivity contribution in [1.29, 1.82) is 0 Å². The highest BCUT2D eigenvalue weighted by Gasteiger charge is 2.19. The molecule has 35 heavy (non-hydrogen) atoms. The third-order valence-corrected chi connectivity index (χ3v) is 6.93. The summed E-state index contributed by atoms with van der Waals surface area (Å²) in [6, 6.07) is 37.8. The molecule has 0 radical (unpaired) electrons. The second-order valence-corrected chi connectivity index (χ2v) is 8.93. The van der Waals surface area contributed by atoms with Crippen LogP contribution in [0.1, 0.15) is 0 Å². The van der Waals surface area contributed by atoms with Gasteiger partial charge in [-0.2, -0.15) is 0 Å². The molecule has 3 aromatic carbocycles. The van der Waals surface area contributed by atoms with Crippen LogP contribution < -0.4 is 0 Å². The van der Waals surface area contributed by atoms with Crippen molar-refractivity contribution in [3.8, 4) is 22.6 Å². The number of pyridine rings is 3. The topological polar surface area (TPSA) is 43.1 Å². The predicted octanol–water partition coefficient (Wildman–Crippen LogP) is 7.51. The largest absolute Gasteiger partial charge is 0.291 e. The normalized spacial score (nSPS) is 12.0. The van der Waals surface area contributed by atoms with Crippen LogP contribution in [0, 0.1) is 0 Å². The van der Waals surface area contributed by atoms with E-state index < -0.39 is 0 Å². The molecule has 162 valence electrons. The molecule has 8 rings (SSSR count). The fourth-order valence-corrected chi connectivity index (χ4v) is 5.31. The van der Waals surface area contributed by atoms with Crippen LogP contribution in [0.25, 0.3) is 71.9 Å². The van der Waals surface area contributed by atoms with Gasteiger partial charge >= 0.3 is 0 Å². The molecule has 8 aromatic rings. The SMILES string of the molecule is c1ccc(-c2ccc3ccc4ccc(-c5nc6cccc7c8ccccc8c5n67)nc4c3n2)cc1. The quantitative estimate of drug-likeness (QED) is 0.258. The van der Waals surface area contributed by atoms with E-state index in [1.165, 1.54) is 16.3 Å². The zero-order chi connectivity index (χ0) is 22.9. The molecule has 0 spiro atoms. The standard InChI is InChI=1S/C31H18N4/c1-2-7-19(8-3-1)24-17-15-20-13-14-21-16-18-25(33-29(21)28(20)32-24)30-31-23-10-5-4-9-22(23)26-11-6-12-27(34-30)35(26)31/h1-18H. The lowest BCUT2D eigenvalue weighted by Gasteiger charge is -2.07. The second-order valence-electron chi connectivity index (χ2n) is 8.93. The van der Waals surface area contributed by atoms with Crippen molar-refractivity contribution in [3.63, 3.8) is 0 Å². The van der Waals surface area contributed by atoms with E-state index in [1.54, 1.807) is 0 Å². The Morgan fingerprint density at radius 1 is 0.486 bits per heavy atom. The van der Waals surface area contributed by atoms with Crippen LogP contribution in [-0.2, 0) is 0 Å². The van der Waals surface area contributed by atoms with Crippen molar-refractivity contribution in [2.24, 2.45) is 0 Å². The first kappa shape index (κ1) is 18.6. The maximum absolute atomic E-state index is 5.17. The first-order valence-corrected chi connectivity index (χ1v) is 11.7. The maximum atomic E-state index is 5.17. The van der Waals surface area contributed by atoms with Crippen LogP contribution in [0.5, 0.6) is 0 Å². The molecule has 5 aromatic heterocycles. The van der Waals surface area contributed by atoms with Gasteiger partial charge in [0, 0.05) is 27.1 Å². The fourth-order valence-electron chi connectivity index (χ4n) is 5.31. The summed E-state index contributed by atoms with van der Waals surface area (Å²) >= 11 is 0. The summed E-state index contributed by atoms with van der Waals surface area (Å²) in [5.74, 6) is 0. The molecule has 0 bridgehead atoms. The molecule has 0 saturated carbocycles. The number of nitrogens with zero attached hydrogens (tertiary/aromatic N) is 4. The molecular weight excluding hydrogens is 428 g/mol. The number of hydrogen-bond acceptors (Lipinski definition) is 3. The van der Waals surface area contributed by atoms with Gasteiger partial charge in [-0.1, -0.05) is 84.9 Å². The van der Waals surface area contributed by atoms with Crippen LogP contribution in [0.2, 0.25) is 0 Å². The highest BCUT2D eigenvalue weighted by molar-refractivity contribution is 6.14. The Balaban J connectivity index is 1.43. The molecule has 0 amide bonds. The molecule has 0 atom stereocenters. The Morgan fingerprint density at radius 3 is 1.94 bits per heavy atom. The predicted molar refractivity (Wildman–Crippen MR) is 143 cm³/mol. The van der Waals surface area contributed by atoms with Gasteiger partial charge in [0.05, 0.1) is 33.5 Å². The number of aromatic nitrogens is 4. The van der Waals surface area contributed by atoms with E-state index in [0.29, 0.717) is 0 Å². The Morgan fingerprint density at radius 2 is 1.14 bits per heavy atom. The molecule has 0 saturated heterocycles. The summed E-state index contributed by atoms with van der Waals surface area (Å²) in [7, 11) is 0. The van der Waals surface area contributed by atoms with Crippen molar-refractivity contribution >= 4 is 49.3 Å². The maximum Gasteiger partial charge on any atom is 0.138 e. The first-order valence-electron chi connectivity index (χ1n) is 11.7. The molecule has 0 aliphatic heterocycles. The highest BCUT2D eigenvalue weighted by atomic mass is 15.0. The molecule has 0 N–H and O–H groups in total. The van der Waals surface area contributed by atoms with Crippen LogP contribution in [0.4, 0.5) is 0 Å². The number of fused-ring (bicyclic) bond motifs is 6. The smallest absolute Gasteiger partial charge is 0.138 e. The van der Waals surface area contributed by atoms with Gasteiger partial charge in [0.1, 0.15) is 11.3 Å². The summed E-state index contributed by atoms with van der Waals surface area (Å²) in [5, 5.41) is 4.58. The van der Waals surface area contributed by atoms with Crippen LogP contribution in [0.3, 0.4) is 0 Å². The number of hydrogen-bond donors (Lipinski definition) is 0. The van der Waals surface area contributed by atoms with Gasteiger partial charge in [-0.05, 0) is 24.3 Å². The van der Waals surface area contributed by atoms with Gasteiger partial charge in [-0.3, -0.25) is 4.40 Å². The van der Waals surface area contributed by atoms with E-state index in [4.69, 9.17) is 15.0 Å². The van der Waals surface area contributed by atoms with E-state index in [1.807, 2.05) is 18.2 Å². The molecule has 4 heteroatoms. The summed E-state index contributed by atoms with van der Waals surface area (Å²) in [5.41, 5.74) is 8.83. The van der Waals surface area contributed by atoms with E-state index in [9.17, 15) is 0 Å². The molecule has 0 fully saturated rings. The van der Waals surface area contributed by atoms with Gasteiger partial charge in [-0.15, -0.1) is 0 Å². The third-order valence-electron chi connectivity index (χ3n) is 6.93. The minimum atomic E-state index is 0.860. The van der Waals surface area contributed by atoms with E-state index >= 15 is 0 Å². The van der Waals surface area contributed by atoms with Gasteiger partial charge in [-0.25, -0.2) is 15.0 Å². The summed E-state index contributed by atoms with van der Waals surface area (Å²) in [6.07, 6.45) is 0. The van der Waals surface area contributed by atoms with Crippen molar-refractivity contribution in [2.45, 2.75) is 0 Å². The Kier molecular flexibility index (Phi) is 3.63. The molecule has 0 aliphatic rings. The van der Waals surface area contributed by atoms with Crippen molar-refractivity contribution in [3.05, 3.63) is 109 Å². The molecule has 0 unspecified atom stereocenters. The second kappa shape index (κ2) is 6.84.